The smallest absolute Gasteiger partial charge is 0.0587 e. The van der Waals surface area contributed by atoms with Crippen LogP contribution in [0.2, 0.25) is 0 Å². The highest BCUT2D eigenvalue weighted by Gasteiger charge is 2.14. The Kier molecular flexibility index (Phi) is 6.34. The average molecular weight is 262 g/mol. The Labute approximate surface area is 116 Å². The molecule has 0 atom stereocenters. The number of benzene rings is 1. The van der Waals surface area contributed by atoms with Gasteiger partial charge in [0, 0.05) is 26.7 Å². The van der Waals surface area contributed by atoms with E-state index in [2.05, 4.69) is 34.5 Å². The molecule has 2 rings (SSSR count). The number of unbranched alkanes of at least 4 members (excludes halogenated alkanes) is 1. The SMILES string of the molecule is COCCNCCCCN1CCc2ccccc2C1. The van der Waals surface area contributed by atoms with Gasteiger partial charge in [-0.05, 0) is 43.5 Å². The summed E-state index contributed by atoms with van der Waals surface area (Å²) in [6.07, 6.45) is 3.74. The van der Waals surface area contributed by atoms with Crippen molar-refractivity contribution in [1.29, 1.82) is 0 Å². The molecule has 0 saturated heterocycles. The van der Waals surface area contributed by atoms with E-state index in [0.717, 1.165) is 26.2 Å². The van der Waals surface area contributed by atoms with Crippen LogP contribution in [-0.2, 0) is 17.7 Å². The van der Waals surface area contributed by atoms with Crippen molar-refractivity contribution in [3.8, 4) is 0 Å². The van der Waals surface area contributed by atoms with E-state index < -0.39 is 0 Å². The minimum Gasteiger partial charge on any atom is -0.383 e. The van der Waals surface area contributed by atoms with Crippen LogP contribution in [0.15, 0.2) is 24.3 Å². The van der Waals surface area contributed by atoms with Gasteiger partial charge in [0.2, 0.25) is 0 Å². The van der Waals surface area contributed by atoms with Crippen molar-refractivity contribution in [3.05, 3.63) is 35.4 Å². The quantitative estimate of drug-likeness (QED) is 0.726. The van der Waals surface area contributed by atoms with Crippen molar-refractivity contribution < 1.29 is 4.74 Å². The maximum atomic E-state index is 5.01. The fourth-order valence-electron chi connectivity index (χ4n) is 2.63. The predicted molar refractivity (Wildman–Crippen MR) is 79.4 cm³/mol. The molecule has 0 bridgehead atoms. The van der Waals surface area contributed by atoms with E-state index >= 15 is 0 Å². The van der Waals surface area contributed by atoms with Crippen LogP contribution in [0, 0.1) is 0 Å². The van der Waals surface area contributed by atoms with E-state index in [-0.39, 0.29) is 0 Å². The summed E-state index contributed by atoms with van der Waals surface area (Å²) in [5.74, 6) is 0. The maximum Gasteiger partial charge on any atom is 0.0587 e. The first-order chi connectivity index (χ1) is 9.40. The molecule has 3 nitrogen and oxygen atoms in total. The third-order valence-corrected chi connectivity index (χ3v) is 3.77. The summed E-state index contributed by atoms with van der Waals surface area (Å²) >= 11 is 0. The van der Waals surface area contributed by atoms with Crippen LogP contribution in [0.1, 0.15) is 24.0 Å². The van der Waals surface area contributed by atoms with Crippen LogP contribution >= 0.6 is 0 Å². The van der Waals surface area contributed by atoms with Crippen molar-refractivity contribution >= 4 is 0 Å². The van der Waals surface area contributed by atoms with E-state index in [4.69, 9.17) is 4.74 Å². The molecule has 1 aliphatic rings. The van der Waals surface area contributed by atoms with Gasteiger partial charge >= 0.3 is 0 Å². The zero-order valence-corrected chi connectivity index (χ0v) is 12.0. The van der Waals surface area contributed by atoms with Gasteiger partial charge in [-0.25, -0.2) is 0 Å². The van der Waals surface area contributed by atoms with E-state index in [1.165, 1.54) is 37.9 Å². The summed E-state index contributed by atoms with van der Waals surface area (Å²) in [6, 6.07) is 8.85. The monoisotopic (exact) mass is 262 g/mol. The van der Waals surface area contributed by atoms with Crippen molar-refractivity contribution in [2.24, 2.45) is 0 Å². The molecule has 3 heteroatoms. The van der Waals surface area contributed by atoms with Gasteiger partial charge in [0.25, 0.3) is 0 Å². The van der Waals surface area contributed by atoms with Gasteiger partial charge in [-0.2, -0.15) is 0 Å². The van der Waals surface area contributed by atoms with Crippen molar-refractivity contribution in [2.45, 2.75) is 25.8 Å². The summed E-state index contributed by atoms with van der Waals surface area (Å²) in [6.45, 7) is 6.45. The second-order valence-electron chi connectivity index (χ2n) is 5.24. The molecule has 0 saturated carbocycles. The van der Waals surface area contributed by atoms with Crippen LogP contribution in [0.3, 0.4) is 0 Å². The first kappa shape index (κ1) is 14.5. The molecular weight excluding hydrogens is 236 g/mol. The predicted octanol–water partition coefficient (Wildman–Crippen LogP) is 2.06. The molecule has 0 radical (unpaired) electrons. The van der Waals surface area contributed by atoms with E-state index in [1.807, 2.05) is 0 Å². The Balaban J connectivity index is 1.58. The van der Waals surface area contributed by atoms with E-state index in [0.29, 0.717) is 0 Å². The lowest BCUT2D eigenvalue weighted by Gasteiger charge is -2.28. The molecule has 1 aromatic carbocycles. The topological polar surface area (TPSA) is 24.5 Å². The molecular formula is C16H26N2O. The second kappa shape index (κ2) is 8.31. The van der Waals surface area contributed by atoms with Crippen LogP contribution in [0.4, 0.5) is 0 Å². The minimum atomic E-state index is 0.808. The third kappa shape index (κ3) is 4.94. The molecule has 0 spiro atoms. The lowest BCUT2D eigenvalue weighted by Crippen LogP contribution is -2.31. The molecule has 0 aliphatic carbocycles. The number of fused-ring (bicyclic) bond motifs is 1. The molecule has 106 valence electrons. The fraction of sp³-hybridized carbons (Fsp3) is 0.625. The molecule has 0 amide bonds. The van der Waals surface area contributed by atoms with Gasteiger partial charge in [0.05, 0.1) is 6.61 Å². The molecule has 19 heavy (non-hydrogen) atoms. The number of ether oxygens (including phenoxy) is 1. The number of nitrogens with zero attached hydrogens (tertiary/aromatic N) is 1. The van der Waals surface area contributed by atoms with E-state index in [9.17, 15) is 0 Å². The highest BCUT2D eigenvalue weighted by molar-refractivity contribution is 5.28. The second-order valence-corrected chi connectivity index (χ2v) is 5.24. The summed E-state index contributed by atoms with van der Waals surface area (Å²) in [5, 5.41) is 3.40. The zero-order valence-electron chi connectivity index (χ0n) is 12.0. The van der Waals surface area contributed by atoms with Crippen molar-refractivity contribution in [1.82, 2.24) is 10.2 Å². The molecule has 1 aliphatic heterocycles. The number of hydrogen-bond donors (Lipinski definition) is 1. The standard InChI is InChI=1S/C16H26N2O/c1-19-13-10-17-9-4-5-11-18-12-8-15-6-2-3-7-16(15)14-18/h2-3,6-7,17H,4-5,8-14H2,1H3. The van der Waals surface area contributed by atoms with Gasteiger partial charge in [-0.15, -0.1) is 0 Å². The number of rotatable bonds is 8. The van der Waals surface area contributed by atoms with Gasteiger partial charge < -0.3 is 10.1 Å². The lowest BCUT2D eigenvalue weighted by atomic mass is 10.00. The van der Waals surface area contributed by atoms with Gasteiger partial charge in [-0.3, -0.25) is 4.90 Å². The Hall–Kier alpha value is -0.900. The van der Waals surface area contributed by atoms with Crippen molar-refractivity contribution in [3.63, 3.8) is 0 Å². The van der Waals surface area contributed by atoms with Gasteiger partial charge in [0.15, 0.2) is 0 Å². The summed E-state index contributed by atoms with van der Waals surface area (Å²) < 4.78 is 5.01. The first-order valence-electron chi connectivity index (χ1n) is 7.39. The van der Waals surface area contributed by atoms with E-state index in [1.54, 1.807) is 12.7 Å². The van der Waals surface area contributed by atoms with Crippen LogP contribution in [0.5, 0.6) is 0 Å². The summed E-state index contributed by atoms with van der Waals surface area (Å²) in [7, 11) is 1.75. The molecule has 0 aromatic heterocycles. The Morgan fingerprint density at radius 1 is 1.16 bits per heavy atom. The Bertz CT molecular complexity index is 368. The Morgan fingerprint density at radius 2 is 2.00 bits per heavy atom. The Morgan fingerprint density at radius 3 is 2.84 bits per heavy atom. The maximum absolute atomic E-state index is 5.01. The van der Waals surface area contributed by atoms with Gasteiger partial charge in [-0.1, -0.05) is 24.3 Å². The molecule has 1 aromatic rings. The third-order valence-electron chi connectivity index (χ3n) is 3.77. The number of nitrogens with one attached hydrogen (secondary N) is 1. The lowest BCUT2D eigenvalue weighted by molar-refractivity contribution is 0.199. The largest absolute Gasteiger partial charge is 0.383 e. The average Bonchev–Trinajstić information content (AvgIpc) is 2.46. The minimum absolute atomic E-state index is 0.808. The molecule has 0 unspecified atom stereocenters. The van der Waals surface area contributed by atoms with Gasteiger partial charge in [0.1, 0.15) is 0 Å². The number of hydrogen-bond acceptors (Lipinski definition) is 3. The summed E-state index contributed by atoms with van der Waals surface area (Å²) in [4.78, 5) is 2.58. The molecule has 1 N–H and O–H groups in total. The van der Waals surface area contributed by atoms with Crippen molar-refractivity contribution in [2.75, 3.05) is 39.9 Å². The fourth-order valence-corrected chi connectivity index (χ4v) is 2.63. The number of methoxy groups -OCH3 is 1. The first-order valence-corrected chi connectivity index (χ1v) is 7.39. The molecule has 0 fully saturated rings. The summed E-state index contributed by atoms with van der Waals surface area (Å²) in [5.41, 5.74) is 3.06. The highest BCUT2D eigenvalue weighted by Crippen LogP contribution is 2.18. The van der Waals surface area contributed by atoms with Crippen LogP contribution < -0.4 is 5.32 Å². The highest BCUT2D eigenvalue weighted by atomic mass is 16.5. The van der Waals surface area contributed by atoms with Crippen LogP contribution in [-0.4, -0.2) is 44.8 Å². The van der Waals surface area contributed by atoms with Crippen LogP contribution in [0.25, 0.3) is 0 Å². The normalized spacial score (nSPS) is 15.4. The molecule has 1 heterocycles. The zero-order chi connectivity index (χ0) is 13.3.